The molecule has 3 rings (SSSR count). The summed E-state index contributed by atoms with van der Waals surface area (Å²) in [5.41, 5.74) is 2.44. The molecule has 7 atom stereocenters. The number of ether oxygens (including phenoxy) is 1. The van der Waals surface area contributed by atoms with Crippen molar-refractivity contribution in [1.82, 2.24) is 0 Å². The highest BCUT2D eigenvalue weighted by Gasteiger charge is 2.56. The number of allylic oxidation sites excluding steroid dienone is 3. The van der Waals surface area contributed by atoms with Crippen LogP contribution in [0.2, 0.25) is 0 Å². The van der Waals surface area contributed by atoms with Gasteiger partial charge in [0.05, 0.1) is 29.5 Å². The second-order valence-electron chi connectivity index (χ2n) is 13.3. The van der Waals surface area contributed by atoms with Crippen LogP contribution in [-0.2, 0) is 4.74 Å². The van der Waals surface area contributed by atoms with Gasteiger partial charge < -0.3 is 20.1 Å². The molecule has 0 radical (unpaired) electrons. The van der Waals surface area contributed by atoms with Crippen molar-refractivity contribution in [2.24, 2.45) is 16.7 Å². The van der Waals surface area contributed by atoms with Gasteiger partial charge in [-0.25, -0.2) is 0 Å². The van der Waals surface area contributed by atoms with Crippen LogP contribution in [0, 0.1) is 16.7 Å². The largest absolute Gasteiger partial charge is 0.392 e. The molecule has 2 aliphatic carbocycles. The van der Waals surface area contributed by atoms with Gasteiger partial charge in [0.1, 0.15) is 0 Å². The van der Waals surface area contributed by atoms with E-state index in [1.165, 1.54) is 16.7 Å². The molecule has 3 N–H and O–H groups in total. The first-order valence-electron chi connectivity index (χ1n) is 13.7. The molecule has 1 saturated heterocycles. The maximum atomic E-state index is 11.6. The maximum Gasteiger partial charge on any atom is 0.0888 e. The minimum absolute atomic E-state index is 0.0425. The van der Waals surface area contributed by atoms with E-state index in [0.717, 1.165) is 57.8 Å². The van der Waals surface area contributed by atoms with Gasteiger partial charge in [-0.3, -0.25) is 0 Å². The summed E-state index contributed by atoms with van der Waals surface area (Å²) in [6.45, 7) is 17.1. The van der Waals surface area contributed by atoms with E-state index in [1.807, 2.05) is 20.8 Å². The van der Waals surface area contributed by atoms with Crippen LogP contribution >= 0.6 is 0 Å². The SMILES string of the molecule is CC(C)=CCCC1(C)C(CCC2C(C)(O)CCC3OC(C)(C)C(O)CCC32C)=C(C)CCC1O. The fraction of sp³-hybridized carbons (Fsp3) is 0.867. The third-order valence-corrected chi connectivity index (χ3v) is 10.0. The van der Waals surface area contributed by atoms with Crippen molar-refractivity contribution in [3.8, 4) is 0 Å². The van der Waals surface area contributed by atoms with Gasteiger partial charge in [-0.1, -0.05) is 36.6 Å². The van der Waals surface area contributed by atoms with Gasteiger partial charge in [-0.2, -0.15) is 0 Å². The van der Waals surface area contributed by atoms with E-state index in [-0.39, 0.29) is 29.0 Å². The number of aliphatic hydroxyl groups excluding tert-OH is 2. The molecule has 0 aromatic carbocycles. The Morgan fingerprint density at radius 1 is 1.00 bits per heavy atom. The molecule has 4 heteroatoms. The lowest BCUT2D eigenvalue weighted by molar-refractivity contribution is -0.205. The summed E-state index contributed by atoms with van der Waals surface area (Å²) in [5.74, 6) is 0.0845. The lowest BCUT2D eigenvalue weighted by Crippen LogP contribution is -2.56. The van der Waals surface area contributed by atoms with Gasteiger partial charge in [-0.05, 0) is 117 Å². The first kappa shape index (κ1) is 27.9. The van der Waals surface area contributed by atoms with Crippen molar-refractivity contribution in [3.63, 3.8) is 0 Å². The molecule has 0 aromatic heterocycles. The van der Waals surface area contributed by atoms with Crippen molar-refractivity contribution in [2.45, 2.75) is 149 Å². The van der Waals surface area contributed by atoms with Gasteiger partial charge >= 0.3 is 0 Å². The van der Waals surface area contributed by atoms with Crippen LogP contribution in [0.3, 0.4) is 0 Å². The molecule has 1 saturated carbocycles. The fourth-order valence-electron chi connectivity index (χ4n) is 7.55. The standard InChI is InChI=1S/C30H52O4/c1-20(2)10-9-17-28(6)22(21(3)11-14-25(28)32)12-13-23-29(7)18-15-24(31)27(4,5)34-26(29)16-19-30(23,8)33/h10,23-26,31-33H,9,11-19H2,1-8H3. The number of aliphatic hydroxyl groups is 3. The van der Waals surface area contributed by atoms with Crippen LogP contribution in [0.4, 0.5) is 0 Å². The minimum Gasteiger partial charge on any atom is -0.392 e. The summed E-state index contributed by atoms with van der Waals surface area (Å²) in [5, 5.41) is 33.5. The lowest BCUT2D eigenvalue weighted by atomic mass is 9.55. The average molecular weight is 477 g/mol. The van der Waals surface area contributed by atoms with Crippen LogP contribution in [0.15, 0.2) is 22.8 Å². The van der Waals surface area contributed by atoms with Gasteiger partial charge in [-0.15, -0.1) is 0 Å². The lowest BCUT2D eigenvalue weighted by Gasteiger charge is -2.54. The molecule has 3 aliphatic rings. The van der Waals surface area contributed by atoms with Crippen molar-refractivity contribution in [3.05, 3.63) is 22.8 Å². The summed E-state index contributed by atoms with van der Waals surface area (Å²) < 4.78 is 6.57. The molecule has 1 heterocycles. The molecule has 0 spiro atoms. The first-order valence-corrected chi connectivity index (χ1v) is 13.7. The number of fused-ring (bicyclic) bond motifs is 1. The summed E-state index contributed by atoms with van der Waals surface area (Å²) in [6.07, 6.45) is 10.2. The quantitative estimate of drug-likeness (QED) is 0.384. The normalized spacial score (nSPS) is 42.7. The molecule has 0 amide bonds. The van der Waals surface area contributed by atoms with Crippen molar-refractivity contribution in [2.75, 3.05) is 0 Å². The molecule has 7 unspecified atom stereocenters. The third-order valence-electron chi connectivity index (χ3n) is 10.0. The molecular formula is C30H52O4. The fourth-order valence-corrected chi connectivity index (χ4v) is 7.55. The van der Waals surface area contributed by atoms with E-state index in [1.54, 1.807) is 0 Å². The highest BCUT2D eigenvalue weighted by atomic mass is 16.5. The Morgan fingerprint density at radius 3 is 2.32 bits per heavy atom. The van der Waals surface area contributed by atoms with E-state index in [9.17, 15) is 15.3 Å². The van der Waals surface area contributed by atoms with Crippen LogP contribution in [0.25, 0.3) is 0 Å². The Labute approximate surface area is 208 Å². The minimum atomic E-state index is -0.756. The summed E-state index contributed by atoms with van der Waals surface area (Å²) >= 11 is 0. The zero-order chi connectivity index (χ0) is 25.5. The van der Waals surface area contributed by atoms with E-state index in [4.69, 9.17) is 4.74 Å². The van der Waals surface area contributed by atoms with Gasteiger partial charge in [0.15, 0.2) is 0 Å². The van der Waals surface area contributed by atoms with Gasteiger partial charge in [0.2, 0.25) is 0 Å². The predicted molar refractivity (Wildman–Crippen MR) is 140 cm³/mol. The zero-order valence-electron chi connectivity index (χ0n) is 23.2. The Balaban J connectivity index is 1.87. The van der Waals surface area contributed by atoms with Crippen LogP contribution in [-0.4, -0.2) is 44.8 Å². The zero-order valence-corrected chi connectivity index (χ0v) is 23.2. The van der Waals surface area contributed by atoms with Gasteiger partial charge in [0.25, 0.3) is 0 Å². The Morgan fingerprint density at radius 2 is 1.68 bits per heavy atom. The number of hydrogen-bond donors (Lipinski definition) is 3. The summed E-state index contributed by atoms with van der Waals surface area (Å²) in [7, 11) is 0. The molecular weight excluding hydrogens is 424 g/mol. The highest BCUT2D eigenvalue weighted by Crippen LogP contribution is 2.56. The van der Waals surface area contributed by atoms with Crippen molar-refractivity contribution >= 4 is 0 Å². The third kappa shape index (κ3) is 5.36. The van der Waals surface area contributed by atoms with Crippen LogP contribution in [0.5, 0.6) is 0 Å². The Kier molecular flexibility index (Phi) is 8.20. The number of rotatable bonds is 6. The topological polar surface area (TPSA) is 69.9 Å². The second kappa shape index (κ2) is 10.00. The molecule has 34 heavy (non-hydrogen) atoms. The molecule has 4 nitrogen and oxygen atoms in total. The van der Waals surface area contributed by atoms with E-state index in [0.29, 0.717) is 6.42 Å². The molecule has 2 fully saturated rings. The van der Waals surface area contributed by atoms with Crippen LogP contribution in [0.1, 0.15) is 120 Å². The summed E-state index contributed by atoms with van der Waals surface area (Å²) in [4.78, 5) is 0. The summed E-state index contributed by atoms with van der Waals surface area (Å²) in [6, 6.07) is 0. The monoisotopic (exact) mass is 476 g/mol. The van der Waals surface area contributed by atoms with E-state index < -0.39 is 17.3 Å². The van der Waals surface area contributed by atoms with Crippen LogP contribution < -0.4 is 0 Å². The van der Waals surface area contributed by atoms with E-state index in [2.05, 4.69) is 40.7 Å². The highest BCUT2D eigenvalue weighted by molar-refractivity contribution is 5.26. The Bertz CT molecular complexity index is 790. The van der Waals surface area contributed by atoms with Gasteiger partial charge in [0, 0.05) is 5.41 Å². The Hall–Kier alpha value is -0.680. The number of hydrogen-bond acceptors (Lipinski definition) is 4. The predicted octanol–water partition coefficient (Wildman–Crippen LogP) is 6.48. The smallest absolute Gasteiger partial charge is 0.0888 e. The molecule has 196 valence electrons. The molecule has 0 bridgehead atoms. The molecule has 1 aliphatic heterocycles. The molecule has 0 aromatic rings. The van der Waals surface area contributed by atoms with Crippen molar-refractivity contribution in [1.29, 1.82) is 0 Å². The second-order valence-corrected chi connectivity index (χ2v) is 13.3. The maximum absolute atomic E-state index is 11.6. The average Bonchev–Trinajstić information content (AvgIpc) is 2.81. The van der Waals surface area contributed by atoms with Crippen molar-refractivity contribution < 1.29 is 20.1 Å². The van der Waals surface area contributed by atoms with E-state index >= 15 is 0 Å². The first-order chi connectivity index (χ1) is 15.6.